The first kappa shape index (κ1) is 12.5. The van der Waals surface area contributed by atoms with Crippen molar-refractivity contribution in [3.8, 4) is 6.07 Å². The Morgan fingerprint density at radius 1 is 1.53 bits per heavy atom. The van der Waals surface area contributed by atoms with Crippen molar-refractivity contribution in [3.63, 3.8) is 0 Å². The fraction of sp³-hybridized carbons (Fsp3) is 0.455. The van der Waals surface area contributed by atoms with E-state index < -0.39 is 0 Å². The smallest absolute Gasteiger partial charge is 0.0960 e. The number of hydrogen-bond acceptors (Lipinski definition) is 3. The molecule has 2 nitrogen and oxygen atoms in total. The lowest BCUT2D eigenvalue weighted by atomic mass is 9.93. The Morgan fingerprint density at radius 2 is 2.27 bits per heavy atom. The zero-order chi connectivity index (χ0) is 11.3. The molecule has 0 unspecified atom stereocenters. The van der Waals surface area contributed by atoms with E-state index in [1.807, 2.05) is 26.0 Å². The van der Waals surface area contributed by atoms with Gasteiger partial charge in [0.2, 0.25) is 0 Å². The summed E-state index contributed by atoms with van der Waals surface area (Å²) in [6.07, 6.45) is 2.67. The van der Waals surface area contributed by atoms with Gasteiger partial charge in [-0.1, -0.05) is 0 Å². The van der Waals surface area contributed by atoms with Gasteiger partial charge in [0.1, 0.15) is 0 Å². The van der Waals surface area contributed by atoms with E-state index in [-0.39, 0.29) is 5.41 Å². The summed E-state index contributed by atoms with van der Waals surface area (Å²) in [6, 6.07) is 6.25. The van der Waals surface area contributed by atoms with E-state index in [2.05, 4.69) is 27.0 Å². The van der Waals surface area contributed by atoms with Gasteiger partial charge in [-0.05, 0) is 48.3 Å². The van der Waals surface area contributed by atoms with E-state index in [0.29, 0.717) is 0 Å². The fourth-order valence-electron chi connectivity index (χ4n) is 0.914. The van der Waals surface area contributed by atoms with E-state index in [9.17, 15) is 0 Å². The molecule has 15 heavy (non-hydrogen) atoms. The summed E-state index contributed by atoms with van der Waals surface area (Å²) in [4.78, 5) is 4.26. The second-order valence-corrected chi connectivity index (χ2v) is 5.94. The van der Waals surface area contributed by atoms with Crippen LogP contribution in [0.4, 0.5) is 0 Å². The summed E-state index contributed by atoms with van der Waals surface area (Å²) >= 11 is 5.03. The lowest BCUT2D eigenvalue weighted by molar-refractivity contribution is 0.482. The van der Waals surface area contributed by atoms with E-state index in [1.54, 1.807) is 18.0 Å². The maximum absolute atomic E-state index is 8.85. The molecule has 1 heterocycles. The number of halogens is 1. The van der Waals surface area contributed by atoms with Crippen molar-refractivity contribution < 1.29 is 0 Å². The Morgan fingerprint density at radius 3 is 2.80 bits per heavy atom. The molecule has 80 valence electrons. The summed E-state index contributed by atoms with van der Waals surface area (Å²) < 4.78 is 0.990. The molecular weight excluding hydrogens is 272 g/mol. The molecule has 1 rings (SSSR count). The van der Waals surface area contributed by atoms with Crippen LogP contribution in [-0.2, 0) is 0 Å². The summed E-state index contributed by atoms with van der Waals surface area (Å²) in [6.45, 7) is 3.92. The predicted molar refractivity (Wildman–Crippen MR) is 66.7 cm³/mol. The highest BCUT2D eigenvalue weighted by Crippen LogP contribution is 2.25. The first-order valence-corrected chi connectivity index (χ1v) is 6.47. The average Bonchev–Trinajstić information content (AvgIpc) is 2.21. The van der Waals surface area contributed by atoms with Gasteiger partial charge >= 0.3 is 0 Å². The predicted octanol–water partition coefficient (Wildman–Crippen LogP) is 3.88. The van der Waals surface area contributed by atoms with Crippen LogP contribution < -0.4 is 0 Å². The van der Waals surface area contributed by atoms with Crippen LogP contribution in [0.3, 0.4) is 0 Å². The molecule has 4 heteroatoms. The van der Waals surface area contributed by atoms with Crippen LogP contribution in [0.5, 0.6) is 0 Å². The van der Waals surface area contributed by atoms with Gasteiger partial charge in [-0.3, -0.25) is 0 Å². The molecule has 0 spiro atoms. The van der Waals surface area contributed by atoms with Gasteiger partial charge in [0, 0.05) is 16.4 Å². The minimum absolute atomic E-state index is 0.234. The van der Waals surface area contributed by atoms with Crippen LogP contribution in [0.1, 0.15) is 20.3 Å². The Balaban J connectivity index is 2.39. The third kappa shape index (κ3) is 4.67. The Kier molecular flexibility index (Phi) is 4.62. The van der Waals surface area contributed by atoms with E-state index >= 15 is 0 Å². The lowest BCUT2D eigenvalue weighted by Crippen LogP contribution is -2.08. The molecule has 0 bridgehead atoms. The highest BCUT2D eigenvalue weighted by molar-refractivity contribution is 9.10. The standard InChI is InChI=1S/C11H13BrN2S/c1-11(2,8-13)5-6-15-10-4-3-9(12)7-14-10/h3-4,7H,5-6H2,1-2H3. The number of rotatable bonds is 4. The van der Waals surface area contributed by atoms with E-state index in [1.165, 1.54) is 0 Å². The summed E-state index contributed by atoms with van der Waals surface area (Å²) in [5, 5.41) is 9.85. The second-order valence-electron chi connectivity index (χ2n) is 3.91. The topological polar surface area (TPSA) is 36.7 Å². The zero-order valence-electron chi connectivity index (χ0n) is 8.83. The molecule has 0 N–H and O–H groups in total. The summed E-state index contributed by atoms with van der Waals surface area (Å²) in [5.41, 5.74) is -0.234. The third-order valence-corrected chi connectivity index (χ3v) is 3.39. The van der Waals surface area contributed by atoms with Crippen LogP contribution in [0.2, 0.25) is 0 Å². The molecule has 0 aliphatic carbocycles. The van der Waals surface area contributed by atoms with Crippen molar-refractivity contribution in [1.82, 2.24) is 4.98 Å². The third-order valence-electron chi connectivity index (χ3n) is 1.98. The summed E-state index contributed by atoms with van der Waals surface area (Å²) in [7, 11) is 0. The van der Waals surface area contributed by atoms with Crippen LogP contribution >= 0.6 is 27.7 Å². The van der Waals surface area contributed by atoms with Crippen LogP contribution in [0, 0.1) is 16.7 Å². The average molecular weight is 285 g/mol. The molecule has 1 aromatic heterocycles. The van der Waals surface area contributed by atoms with Crippen molar-refractivity contribution in [2.45, 2.75) is 25.3 Å². The molecule has 0 radical (unpaired) electrons. The Labute approximate surface area is 103 Å². The van der Waals surface area contributed by atoms with Gasteiger partial charge in [0.25, 0.3) is 0 Å². The molecule has 0 aliphatic rings. The number of nitrogens with zero attached hydrogens (tertiary/aromatic N) is 2. The minimum Gasteiger partial charge on any atom is -0.249 e. The van der Waals surface area contributed by atoms with Gasteiger partial charge < -0.3 is 0 Å². The van der Waals surface area contributed by atoms with Crippen molar-refractivity contribution in [2.75, 3.05) is 5.75 Å². The maximum Gasteiger partial charge on any atom is 0.0960 e. The first-order chi connectivity index (χ1) is 7.03. The van der Waals surface area contributed by atoms with Gasteiger partial charge in [-0.15, -0.1) is 11.8 Å². The number of aromatic nitrogens is 1. The quantitative estimate of drug-likeness (QED) is 0.788. The summed E-state index contributed by atoms with van der Waals surface area (Å²) in [5.74, 6) is 0.926. The van der Waals surface area contributed by atoms with Crippen molar-refractivity contribution in [1.29, 1.82) is 5.26 Å². The van der Waals surface area contributed by atoms with Crippen molar-refractivity contribution in [2.24, 2.45) is 5.41 Å². The number of pyridine rings is 1. The van der Waals surface area contributed by atoms with Crippen LogP contribution in [-0.4, -0.2) is 10.7 Å². The van der Waals surface area contributed by atoms with Gasteiger partial charge in [-0.2, -0.15) is 5.26 Å². The number of hydrogen-bond donors (Lipinski definition) is 0. The van der Waals surface area contributed by atoms with E-state index in [4.69, 9.17) is 5.26 Å². The molecule has 0 atom stereocenters. The number of nitriles is 1. The monoisotopic (exact) mass is 284 g/mol. The second kappa shape index (κ2) is 5.53. The minimum atomic E-state index is -0.234. The van der Waals surface area contributed by atoms with Gasteiger partial charge in [0.15, 0.2) is 0 Å². The number of thioether (sulfide) groups is 1. The Bertz CT molecular complexity index is 354. The largest absolute Gasteiger partial charge is 0.249 e. The molecule has 0 aliphatic heterocycles. The molecular formula is C11H13BrN2S. The molecule has 0 saturated heterocycles. The van der Waals surface area contributed by atoms with Crippen LogP contribution in [0.25, 0.3) is 0 Å². The van der Waals surface area contributed by atoms with Gasteiger partial charge in [-0.25, -0.2) is 4.98 Å². The first-order valence-electron chi connectivity index (χ1n) is 4.69. The molecule has 0 saturated carbocycles. The SMILES string of the molecule is CC(C)(C#N)CCSc1ccc(Br)cn1. The van der Waals surface area contributed by atoms with E-state index in [0.717, 1.165) is 21.7 Å². The Hall–Kier alpha value is -0.530. The highest BCUT2D eigenvalue weighted by atomic mass is 79.9. The van der Waals surface area contributed by atoms with Gasteiger partial charge in [0.05, 0.1) is 16.5 Å². The fourth-order valence-corrected chi connectivity index (χ4v) is 2.26. The maximum atomic E-state index is 8.85. The molecule has 0 amide bonds. The highest BCUT2D eigenvalue weighted by Gasteiger charge is 2.15. The zero-order valence-corrected chi connectivity index (χ0v) is 11.2. The normalized spacial score (nSPS) is 11.1. The molecule has 0 aromatic carbocycles. The molecule has 1 aromatic rings. The van der Waals surface area contributed by atoms with Crippen LogP contribution in [0.15, 0.2) is 27.8 Å². The van der Waals surface area contributed by atoms with Crippen molar-refractivity contribution in [3.05, 3.63) is 22.8 Å². The lowest BCUT2D eigenvalue weighted by Gasteiger charge is -2.13. The molecule has 0 fully saturated rings. The van der Waals surface area contributed by atoms with Crippen molar-refractivity contribution >= 4 is 27.7 Å².